The first-order valence-corrected chi connectivity index (χ1v) is 12.9. The zero-order chi connectivity index (χ0) is 23.8. The van der Waals surface area contributed by atoms with Gasteiger partial charge in [0, 0.05) is 11.9 Å². The summed E-state index contributed by atoms with van der Waals surface area (Å²) in [6, 6.07) is 26.1. The van der Waals surface area contributed by atoms with Crippen LogP contribution >= 0.6 is 12.2 Å². The molecule has 3 aromatic rings. The second-order valence-corrected chi connectivity index (χ2v) is 10.7. The van der Waals surface area contributed by atoms with Gasteiger partial charge in [-0.05, 0) is 46.3 Å². The Morgan fingerprint density at radius 2 is 1.58 bits per heavy atom. The molecule has 0 aliphatic rings. The lowest BCUT2D eigenvalue weighted by Gasteiger charge is -2.25. The van der Waals surface area contributed by atoms with Crippen LogP contribution in [0.25, 0.3) is 4.91 Å². The largest absolute Gasteiger partial charge is 0.338 e. The molecule has 0 radical (unpaired) electrons. The third-order valence-electron chi connectivity index (χ3n) is 5.36. The summed E-state index contributed by atoms with van der Waals surface area (Å²) in [4.78, 5) is 0.712. The average Bonchev–Trinajstić information content (AvgIpc) is 2.80. The van der Waals surface area contributed by atoms with Gasteiger partial charge >= 0.3 is 0 Å². The van der Waals surface area contributed by atoms with E-state index in [0.717, 1.165) is 23.2 Å². The molecular weight excluding hydrogens is 444 g/mol. The van der Waals surface area contributed by atoms with Crippen LogP contribution in [0.5, 0.6) is 0 Å². The van der Waals surface area contributed by atoms with Crippen LogP contribution in [-0.4, -0.2) is 9.32 Å². The normalized spacial score (nSPS) is 12.8. The fourth-order valence-electron chi connectivity index (χ4n) is 3.63. The van der Waals surface area contributed by atoms with E-state index in [1.165, 1.54) is 11.1 Å². The van der Waals surface area contributed by atoms with Crippen LogP contribution in [-0.2, 0) is 28.4 Å². The molecule has 0 saturated heterocycles. The van der Waals surface area contributed by atoms with E-state index in [9.17, 15) is 4.21 Å². The minimum atomic E-state index is -1.24. The van der Waals surface area contributed by atoms with E-state index >= 15 is 0 Å². The fraction of sp³-hybridized carbons (Fsp3) is 0.250. The van der Waals surface area contributed by atoms with Crippen LogP contribution in [0.15, 0.2) is 85.1 Å². The first-order valence-electron chi connectivity index (χ1n) is 11.2. The molecule has 3 rings (SSSR count). The molecule has 0 spiro atoms. The predicted octanol–water partition coefficient (Wildman–Crippen LogP) is 6.78. The van der Waals surface area contributed by atoms with Crippen molar-refractivity contribution < 1.29 is 4.21 Å². The van der Waals surface area contributed by atoms with Gasteiger partial charge in [0.1, 0.15) is 0 Å². The van der Waals surface area contributed by atoms with E-state index in [4.69, 9.17) is 12.2 Å². The van der Waals surface area contributed by atoms with Crippen molar-refractivity contribution in [1.82, 2.24) is 5.32 Å². The first-order chi connectivity index (χ1) is 15.8. The molecule has 3 aromatic carbocycles. The molecule has 33 heavy (non-hydrogen) atoms. The molecule has 2 N–H and O–H groups in total. The number of aryl methyl sites for hydroxylation is 1. The summed E-state index contributed by atoms with van der Waals surface area (Å²) in [5.74, 6) is 0.441. The second-order valence-electron chi connectivity index (χ2n) is 8.89. The second kappa shape index (κ2) is 11.4. The molecule has 0 aromatic heterocycles. The highest BCUT2D eigenvalue weighted by atomic mass is 32.2. The maximum atomic E-state index is 13.3. The Morgan fingerprint density at radius 3 is 2.18 bits per heavy atom. The van der Waals surface area contributed by atoms with Gasteiger partial charge in [0.25, 0.3) is 0 Å². The fourth-order valence-corrected chi connectivity index (χ4v) is 5.04. The highest BCUT2D eigenvalue weighted by molar-refractivity contribution is 7.93. The van der Waals surface area contributed by atoms with Crippen molar-refractivity contribution in [3.63, 3.8) is 0 Å². The summed E-state index contributed by atoms with van der Waals surface area (Å²) in [7, 11) is -1.24. The first kappa shape index (κ1) is 24.9. The third-order valence-corrected chi connectivity index (χ3v) is 7.02. The van der Waals surface area contributed by atoms with E-state index in [0.29, 0.717) is 15.8 Å². The van der Waals surface area contributed by atoms with E-state index in [1.807, 2.05) is 60.7 Å². The van der Waals surface area contributed by atoms with Gasteiger partial charge < -0.3 is 10.6 Å². The SMILES string of the molecule is CCc1cccc(C(C)(C)C)c1NC(=S)N/C=C(/c1ccccc1)[S@](=O)Cc1ccccc1. The lowest BCUT2D eigenvalue weighted by atomic mass is 9.84. The summed E-state index contributed by atoms with van der Waals surface area (Å²) in [6.07, 6.45) is 2.68. The third kappa shape index (κ3) is 6.86. The van der Waals surface area contributed by atoms with Gasteiger partial charge in [-0.2, -0.15) is 0 Å². The van der Waals surface area contributed by atoms with Crippen molar-refractivity contribution in [2.24, 2.45) is 0 Å². The van der Waals surface area contributed by atoms with E-state index in [1.54, 1.807) is 6.20 Å². The monoisotopic (exact) mass is 476 g/mol. The highest BCUT2D eigenvalue weighted by Gasteiger charge is 2.20. The number of hydrogen-bond acceptors (Lipinski definition) is 2. The van der Waals surface area contributed by atoms with Crippen LogP contribution in [0.2, 0.25) is 0 Å². The molecule has 0 fully saturated rings. The molecule has 0 bridgehead atoms. The van der Waals surface area contributed by atoms with Gasteiger partial charge in [0.2, 0.25) is 0 Å². The molecule has 3 nitrogen and oxygen atoms in total. The summed E-state index contributed by atoms with van der Waals surface area (Å²) < 4.78 is 13.3. The standard InChI is InChI=1S/C28H32N2OS2/c1-5-22-17-12-18-24(28(2,3)4)26(22)30-27(32)29-19-25(23-15-10-7-11-16-23)33(31)20-21-13-8-6-9-14-21/h6-19H,5,20H2,1-4H3,(H2,29,30,32)/b25-19-/t33-/m1/s1. The van der Waals surface area contributed by atoms with Gasteiger partial charge in [-0.1, -0.05) is 107 Å². The zero-order valence-corrected chi connectivity index (χ0v) is 21.4. The van der Waals surface area contributed by atoms with Crippen LogP contribution < -0.4 is 10.6 Å². The number of thiocarbonyl (C=S) groups is 1. The molecule has 0 aliphatic heterocycles. The maximum absolute atomic E-state index is 13.3. The topological polar surface area (TPSA) is 41.1 Å². The predicted molar refractivity (Wildman–Crippen MR) is 147 cm³/mol. The number of anilines is 1. The summed E-state index contributed by atoms with van der Waals surface area (Å²) in [6.45, 7) is 8.74. The molecule has 0 unspecified atom stereocenters. The minimum absolute atomic E-state index is 0.0225. The molecule has 1 atom stereocenters. The van der Waals surface area contributed by atoms with Crippen molar-refractivity contribution in [2.45, 2.75) is 45.3 Å². The van der Waals surface area contributed by atoms with Crippen LogP contribution in [0.1, 0.15) is 49.9 Å². The Balaban J connectivity index is 1.85. The molecule has 172 valence electrons. The number of benzene rings is 3. The van der Waals surface area contributed by atoms with Gasteiger partial charge in [-0.15, -0.1) is 0 Å². The zero-order valence-electron chi connectivity index (χ0n) is 19.7. The van der Waals surface area contributed by atoms with Gasteiger partial charge in [0.05, 0.1) is 21.5 Å². The molecule has 0 heterocycles. The molecule has 0 saturated carbocycles. The summed E-state index contributed by atoms with van der Waals surface area (Å²) in [5.41, 5.74) is 5.39. The van der Waals surface area contributed by atoms with Gasteiger partial charge in [-0.25, -0.2) is 0 Å². The Morgan fingerprint density at radius 1 is 0.939 bits per heavy atom. The van der Waals surface area contributed by atoms with Crippen LogP contribution in [0.4, 0.5) is 5.69 Å². The summed E-state index contributed by atoms with van der Waals surface area (Å²) in [5, 5.41) is 7.08. The maximum Gasteiger partial charge on any atom is 0.174 e. The van der Waals surface area contributed by atoms with Crippen LogP contribution in [0.3, 0.4) is 0 Å². The molecule has 0 aliphatic carbocycles. The summed E-state index contributed by atoms with van der Waals surface area (Å²) >= 11 is 5.64. The van der Waals surface area contributed by atoms with Gasteiger partial charge in [-0.3, -0.25) is 4.21 Å². The molecular formula is C28H32N2OS2. The number of hydrogen-bond donors (Lipinski definition) is 2. The number of rotatable bonds is 7. The molecule has 0 amide bonds. The minimum Gasteiger partial charge on any atom is -0.338 e. The van der Waals surface area contributed by atoms with Crippen LogP contribution in [0, 0.1) is 0 Å². The van der Waals surface area contributed by atoms with Crippen molar-refractivity contribution in [2.75, 3.05) is 5.32 Å². The Kier molecular flexibility index (Phi) is 8.59. The Hall–Kier alpha value is -2.76. The number of nitrogens with one attached hydrogen (secondary N) is 2. The Bertz CT molecular complexity index is 1130. The van der Waals surface area contributed by atoms with E-state index in [2.05, 4.69) is 56.5 Å². The average molecular weight is 477 g/mol. The number of para-hydroxylation sites is 1. The van der Waals surface area contributed by atoms with Gasteiger partial charge in [0.15, 0.2) is 5.11 Å². The van der Waals surface area contributed by atoms with E-state index in [-0.39, 0.29) is 5.41 Å². The van der Waals surface area contributed by atoms with E-state index < -0.39 is 10.8 Å². The quantitative estimate of drug-likeness (QED) is 0.369. The van der Waals surface area contributed by atoms with Crippen molar-refractivity contribution in [3.05, 3.63) is 107 Å². The van der Waals surface area contributed by atoms with Crippen molar-refractivity contribution in [3.8, 4) is 0 Å². The Labute approximate surface area is 205 Å². The van der Waals surface area contributed by atoms with Crippen molar-refractivity contribution in [1.29, 1.82) is 0 Å². The lowest BCUT2D eigenvalue weighted by Crippen LogP contribution is -2.27. The lowest BCUT2D eigenvalue weighted by molar-refractivity contribution is 0.591. The highest BCUT2D eigenvalue weighted by Crippen LogP contribution is 2.32. The smallest absolute Gasteiger partial charge is 0.174 e. The molecule has 5 heteroatoms. The van der Waals surface area contributed by atoms with Crippen molar-refractivity contribution >= 4 is 38.7 Å².